The Morgan fingerprint density at radius 3 is 2.33 bits per heavy atom. The van der Waals surface area contributed by atoms with Crippen molar-refractivity contribution < 1.29 is 15.0 Å². The summed E-state index contributed by atoms with van der Waals surface area (Å²) in [6.07, 6.45) is 6.92. The molecule has 2 aliphatic carbocycles. The highest BCUT2D eigenvalue weighted by Crippen LogP contribution is 2.50. The first-order chi connectivity index (χ1) is 17.3. The topological polar surface area (TPSA) is 92.2 Å². The summed E-state index contributed by atoms with van der Waals surface area (Å²) in [6, 6.07) is 16.1. The second-order valence-corrected chi connectivity index (χ2v) is 11.2. The van der Waals surface area contributed by atoms with Gasteiger partial charge in [-0.3, -0.25) is 19.5 Å². The van der Waals surface area contributed by atoms with Gasteiger partial charge in [0.25, 0.3) is 0 Å². The van der Waals surface area contributed by atoms with Crippen LogP contribution in [-0.2, 0) is 10.3 Å². The van der Waals surface area contributed by atoms with E-state index in [9.17, 15) is 15.0 Å². The van der Waals surface area contributed by atoms with Gasteiger partial charge in [0, 0.05) is 30.4 Å². The fraction of sp³-hybridized carbons (Fsp3) is 0.571. The molecule has 3 N–H and O–H groups in total. The highest BCUT2D eigenvalue weighted by molar-refractivity contribution is 5.91. The molecule has 1 aromatic carbocycles. The van der Waals surface area contributed by atoms with E-state index in [-0.39, 0.29) is 23.5 Å². The Morgan fingerprint density at radius 2 is 1.75 bits per heavy atom. The molecule has 1 amide bonds. The van der Waals surface area contributed by atoms with Gasteiger partial charge in [-0.05, 0) is 76.7 Å². The average molecular weight is 494 g/mol. The number of rotatable bonds is 7. The molecule has 194 valence electrons. The number of pyridine rings is 1. The number of hydrogen-bond acceptors (Lipinski definition) is 7. The van der Waals surface area contributed by atoms with E-state index in [0.717, 1.165) is 44.9 Å². The molecule has 3 aliphatic rings. The standard InChI is InChI=1S/C28H39N5O3/c1-31(2)28(22-9-4-3-5-10-22)16-14-26(15-17-28)20-32(19-24(34)30-23-11-6-7-18-29-23)25(35)33(26)21-27(36)12-8-13-27/h3-7,9-11,18,25,35-36H,8,12-17,19-21H2,1-2H3,(H,29,30,34). The van der Waals surface area contributed by atoms with Crippen molar-refractivity contribution in [2.24, 2.45) is 0 Å². The van der Waals surface area contributed by atoms with Crippen molar-refractivity contribution in [1.29, 1.82) is 0 Å². The molecule has 1 unspecified atom stereocenters. The Bertz CT molecular complexity index is 1040. The van der Waals surface area contributed by atoms with Crippen molar-refractivity contribution in [2.75, 3.05) is 39.0 Å². The molecule has 0 radical (unpaired) electrons. The molecular weight excluding hydrogens is 454 g/mol. The lowest BCUT2D eigenvalue weighted by molar-refractivity contribution is -0.146. The van der Waals surface area contributed by atoms with Crippen LogP contribution < -0.4 is 5.32 Å². The number of hydrogen-bond donors (Lipinski definition) is 3. The van der Waals surface area contributed by atoms with Gasteiger partial charge in [0.1, 0.15) is 5.82 Å². The lowest BCUT2D eigenvalue weighted by Gasteiger charge is -2.53. The summed E-state index contributed by atoms with van der Waals surface area (Å²) in [5.74, 6) is 0.303. The molecule has 1 spiro atoms. The molecule has 1 saturated heterocycles. The van der Waals surface area contributed by atoms with Crippen molar-refractivity contribution in [1.82, 2.24) is 19.7 Å². The number of benzene rings is 1. The predicted octanol–water partition coefficient (Wildman–Crippen LogP) is 2.60. The molecular formula is C28H39N5O3. The number of β-amino-alcohol motifs (C(OH)–C–C–N with tert-alkyl or cyclic N) is 1. The maximum absolute atomic E-state index is 12.8. The van der Waals surface area contributed by atoms with Crippen LogP contribution in [0.2, 0.25) is 0 Å². The number of anilines is 1. The van der Waals surface area contributed by atoms with Crippen LogP contribution in [0.4, 0.5) is 5.82 Å². The Labute approximate surface area is 213 Å². The van der Waals surface area contributed by atoms with E-state index in [4.69, 9.17) is 0 Å². The van der Waals surface area contributed by atoms with Gasteiger partial charge in [-0.25, -0.2) is 4.98 Å². The van der Waals surface area contributed by atoms with E-state index in [0.29, 0.717) is 18.9 Å². The highest BCUT2D eigenvalue weighted by Gasteiger charge is 2.56. The number of carbonyl (C=O) groups is 1. The van der Waals surface area contributed by atoms with E-state index in [1.807, 2.05) is 11.0 Å². The average Bonchev–Trinajstić information content (AvgIpc) is 3.09. The normalized spacial score (nSPS) is 30.4. The maximum atomic E-state index is 12.8. The second kappa shape index (κ2) is 9.84. The molecule has 5 rings (SSSR count). The SMILES string of the molecule is CN(C)C1(c2ccccc2)CCC2(CC1)CN(CC(=O)Nc1ccccn1)C(O)N2CC1(O)CCC1. The largest absolute Gasteiger partial charge is 0.389 e. The van der Waals surface area contributed by atoms with Crippen molar-refractivity contribution in [3.05, 3.63) is 60.3 Å². The molecule has 2 heterocycles. The number of aliphatic hydroxyl groups is 2. The first kappa shape index (κ1) is 25.3. The van der Waals surface area contributed by atoms with Crippen molar-refractivity contribution >= 4 is 11.7 Å². The molecule has 8 nitrogen and oxygen atoms in total. The van der Waals surface area contributed by atoms with Gasteiger partial charge in [0.15, 0.2) is 6.35 Å². The Kier molecular flexibility index (Phi) is 6.91. The summed E-state index contributed by atoms with van der Waals surface area (Å²) in [6.45, 7) is 1.11. The Balaban J connectivity index is 1.36. The van der Waals surface area contributed by atoms with Gasteiger partial charge in [-0.2, -0.15) is 0 Å². The zero-order valence-corrected chi connectivity index (χ0v) is 21.4. The maximum Gasteiger partial charge on any atom is 0.239 e. The van der Waals surface area contributed by atoms with Crippen molar-refractivity contribution in [3.63, 3.8) is 0 Å². The molecule has 3 fully saturated rings. The predicted molar refractivity (Wildman–Crippen MR) is 139 cm³/mol. The first-order valence-electron chi connectivity index (χ1n) is 13.1. The van der Waals surface area contributed by atoms with Crippen LogP contribution in [-0.4, -0.2) is 87.0 Å². The molecule has 1 aliphatic heterocycles. The van der Waals surface area contributed by atoms with Crippen LogP contribution in [0.1, 0.15) is 50.5 Å². The fourth-order valence-corrected chi connectivity index (χ4v) is 6.56. The van der Waals surface area contributed by atoms with Gasteiger partial charge in [-0.15, -0.1) is 0 Å². The van der Waals surface area contributed by atoms with E-state index >= 15 is 0 Å². The lowest BCUT2D eigenvalue weighted by atomic mass is 9.67. The van der Waals surface area contributed by atoms with E-state index in [2.05, 4.69) is 64.5 Å². The Morgan fingerprint density at radius 1 is 1.06 bits per heavy atom. The summed E-state index contributed by atoms with van der Waals surface area (Å²) < 4.78 is 0. The number of nitrogens with one attached hydrogen (secondary N) is 1. The molecule has 2 saturated carbocycles. The van der Waals surface area contributed by atoms with Crippen LogP contribution in [0.3, 0.4) is 0 Å². The van der Waals surface area contributed by atoms with Crippen LogP contribution in [0, 0.1) is 0 Å². The summed E-state index contributed by atoms with van der Waals surface area (Å²) in [4.78, 5) is 23.3. The number of nitrogens with zero attached hydrogens (tertiary/aromatic N) is 4. The van der Waals surface area contributed by atoms with E-state index in [1.165, 1.54) is 5.56 Å². The van der Waals surface area contributed by atoms with Crippen LogP contribution in [0.15, 0.2) is 54.7 Å². The summed E-state index contributed by atoms with van der Waals surface area (Å²) in [7, 11) is 4.30. The smallest absolute Gasteiger partial charge is 0.239 e. The number of carbonyl (C=O) groups excluding carboxylic acids is 1. The van der Waals surface area contributed by atoms with Crippen LogP contribution >= 0.6 is 0 Å². The van der Waals surface area contributed by atoms with E-state index in [1.54, 1.807) is 18.3 Å². The number of amides is 1. The minimum atomic E-state index is -0.910. The monoisotopic (exact) mass is 493 g/mol. The third-order valence-corrected chi connectivity index (χ3v) is 8.92. The molecule has 1 aromatic heterocycles. The van der Waals surface area contributed by atoms with Gasteiger partial charge in [-0.1, -0.05) is 36.4 Å². The first-order valence-corrected chi connectivity index (χ1v) is 13.1. The van der Waals surface area contributed by atoms with Crippen molar-refractivity contribution in [3.8, 4) is 0 Å². The number of aromatic nitrogens is 1. The third kappa shape index (κ3) is 4.68. The molecule has 2 aromatic rings. The molecule has 1 atom stereocenters. The molecule has 36 heavy (non-hydrogen) atoms. The third-order valence-electron chi connectivity index (χ3n) is 8.92. The minimum absolute atomic E-state index is 0.0692. The van der Waals surface area contributed by atoms with Crippen LogP contribution in [0.5, 0.6) is 0 Å². The zero-order chi connectivity index (χ0) is 25.4. The van der Waals surface area contributed by atoms with Crippen LogP contribution in [0.25, 0.3) is 0 Å². The highest BCUT2D eigenvalue weighted by atomic mass is 16.3. The van der Waals surface area contributed by atoms with Gasteiger partial charge in [0.2, 0.25) is 5.91 Å². The molecule has 8 heteroatoms. The van der Waals surface area contributed by atoms with E-state index < -0.39 is 12.0 Å². The number of aliphatic hydroxyl groups excluding tert-OH is 1. The van der Waals surface area contributed by atoms with Gasteiger partial charge >= 0.3 is 0 Å². The summed E-state index contributed by atoms with van der Waals surface area (Å²) in [5.41, 5.74) is 0.208. The quantitative estimate of drug-likeness (QED) is 0.546. The van der Waals surface area contributed by atoms with Gasteiger partial charge in [0.05, 0.1) is 12.1 Å². The van der Waals surface area contributed by atoms with Gasteiger partial charge < -0.3 is 15.5 Å². The van der Waals surface area contributed by atoms with Crippen molar-refractivity contribution in [2.45, 2.75) is 68.0 Å². The minimum Gasteiger partial charge on any atom is -0.389 e. The lowest BCUT2D eigenvalue weighted by Crippen LogP contribution is -2.60. The summed E-state index contributed by atoms with van der Waals surface area (Å²) >= 11 is 0. The summed E-state index contributed by atoms with van der Waals surface area (Å²) in [5, 5.41) is 25.4. The molecule has 0 bridgehead atoms. The zero-order valence-electron chi connectivity index (χ0n) is 21.4. The fourth-order valence-electron chi connectivity index (χ4n) is 6.56. The Hall–Kier alpha value is -2.36. The second-order valence-electron chi connectivity index (χ2n) is 11.2.